The van der Waals surface area contributed by atoms with Gasteiger partial charge >= 0.3 is 6.36 Å². The van der Waals surface area contributed by atoms with Crippen LogP contribution in [0.4, 0.5) is 13.2 Å². The zero-order valence-corrected chi connectivity index (χ0v) is 11.6. The maximum absolute atomic E-state index is 12.0. The van der Waals surface area contributed by atoms with E-state index in [2.05, 4.69) is 4.74 Å². The van der Waals surface area contributed by atoms with E-state index in [1.165, 1.54) is 31.4 Å². The van der Waals surface area contributed by atoms with Gasteiger partial charge < -0.3 is 9.47 Å². The molecule has 20 heavy (non-hydrogen) atoms. The molecule has 0 fully saturated rings. The van der Waals surface area contributed by atoms with E-state index in [9.17, 15) is 18.0 Å². The number of benzene rings is 1. The molecule has 6 heteroatoms. The maximum atomic E-state index is 12.0. The Kier molecular flexibility index (Phi) is 5.16. The number of hydrogen-bond acceptors (Lipinski definition) is 3. The number of carbonyl (C=O) groups is 1. The normalized spacial score (nSPS) is 12.3. The van der Waals surface area contributed by atoms with Gasteiger partial charge in [0.25, 0.3) is 0 Å². The lowest BCUT2D eigenvalue weighted by Gasteiger charge is -2.21. The first-order valence-electron chi connectivity index (χ1n) is 6.03. The van der Waals surface area contributed by atoms with Gasteiger partial charge in [0.1, 0.15) is 11.5 Å². The Balaban J connectivity index is 2.60. The van der Waals surface area contributed by atoms with E-state index in [0.29, 0.717) is 5.56 Å². The number of methoxy groups -OCH3 is 1. The summed E-state index contributed by atoms with van der Waals surface area (Å²) < 4.78 is 44.9. The number of ketones is 1. The summed E-state index contributed by atoms with van der Waals surface area (Å²) in [6.45, 7) is 3.59. The Labute approximate surface area is 115 Å². The van der Waals surface area contributed by atoms with Crippen molar-refractivity contribution in [3.8, 4) is 5.75 Å². The van der Waals surface area contributed by atoms with E-state index in [1.807, 2.05) is 0 Å². The summed E-state index contributed by atoms with van der Waals surface area (Å²) in [6.07, 6.45) is -4.32. The molecule has 0 N–H and O–H groups in total. The second-order valence-electron chi connectivity index (χ2n) is 5.05. The molecule has 0 saturated heterocycles. The van der Waals surface area contributed by atoms with Crippen molar-refractivity contribution in [3.63, 3.8) is 0 Å². The van der Waals surface area contributed by atoms with Crippen LogP contribution in [0.1, 0.15) is 25.8 Å². The Morgan fingerprint density at radius 1 is 1.15 bits per heavy atom. The van der Waals surface area contributed by atoms with E-state index in [0.717, 1.165) is 0 Å². The van der Waals surface area contributed by atoms with Gasteiger partial charge in [-0.2, -0.15) is 0 Å². The minimum absolute atomic E-state index is 0.0404. The van der Waals surface area contributed by atoms with E-state index in [4.69, 9.17) is 4.74 Å². The smallest absolute Gasteiger partial charge is 0.406 e. The highest BCUT2D eigenvalue weighted by atomic mass is 19.4. The van der Waals surface area contributed by atoms with Gasteiger partial charge in [0.05, 0.1) is 5.60 Å². The van der Waals surface area contributed by atoms with Gasteiger partial charge in [-0.05, 0) is 31.5 Å². The predicted octanol–water partition coefficient (Wildman–Crippen LogP) is 3.51. The number of carbonyl (C=O) groups excluding carboxylic acids is 1. The van der Waals surface area contributed by atoms with Crippen LogP contribution in [0.3, 0.4) is 0 Å². The number of Topliss-reactive ketones (excluding diaryl/α,β-unsaturated/α-hetero) is 1. The molecule has 0 amide bonds. The highest BCUT2D eigenvalue weighted by molar-refractivity contribution is 5.81. The maximum Gasteiger partial charge on any atom is 0.573 e. The van der Waals surface area contributed by atoms with E-state index in [-0.39, 0.29) is 24.4 Å². The fraction of sp³-hybridized carbons (Fsp3) is 0.500. The summed E-state index contributed by atoms with van der Waals surface area (Å²) in [5.41, 5.74) is 0.0904. The summed E-state index contributed by atoms with van der Waals surface area (Å²) in [5, 5.41) is 0. The Hall–Kier alpha value is -1.56. The van der Waals surface area contributed by atoms with Crippen LogP contribution in [-0.2, 0) is 16.0 Å². The van der Waals surface area contributed by atoms with Crippen LogP contribution in [0.5, 0.6) is 5.75 Å². The van der Waals surface area contributed by atoms with Gasteiger partial charge in [-0.15, -0.1) is 13.2 Å². The molecule has 0 aliphatic rings. The third-order valence-electron chi connectivity index (χ3n) is 2.73. The highest BCUT2D eigenvalue weighted by Gasteiger charge is 2.31. The fourth-order valence-electron chi connectivity index (χ4n) is 1.65. The van der Waals surface area contributed by atoms with Crippen molar-refractivity contribution in [2.24, 2.45) is 0 Å². The van der Waals surface area contributed by atoms with Gasteiger partial charge in [-0.25, -0.2) is 0 Å². The summed E-state index contributed by atoms with van der Waals surface area (Å²) in [4.78, 5) is 11.8. The minimum atomic E-state index is -4.71. The number of hydrogen-bond donors (Lipinski definition) is 0. The molecule has 0 heterocycles. The van der Waals surface area contributed by atoms with Crippen LogP contribution in [0.2, 0.25) is 0 Å². The van der Waals surface area contributed by atoms with Crippen molar-refractivity contribution in [2.45, 2.75) is 38.7 Å². The van der Waals surface area contributed by atoms with Crippen molar-refractivity contribution in [2.75, 3.05) is 7.11 Å². The largest absolute Gasteiger partial charge is 0.573 e. The van der Waals surface area contributed by atoms with Crippen LogP contribution < -0.4 is 4.74 Å². The Bertz CT molecular complexity index is 450. The van der Waals surface area contributed by atoms with Gasteiger partial charge in [-0.1, -0.05) is 12.1 Å². The van der Waals surface area contributed by atoms with Crippen LogP contribution in [0, 0.1) is 0 Å². The number of halogens is 3. The average molecular weight is 290 g/mol. The minimum Gasteiger partial charge on any atom is -0.406 e. The Morgan fingerprint density at radius 2 is 1.70 bits per heavy atom. The Morgan fingerprint density at radius 3 is 2.15 bits per heavy atom. The lowest BCUT2D eigenvalue weighted by Crippen LogP contribution is -2.27. The van der Waals surface area contributed by atoms with Gasteiger partial charge in [-0.3, -0.25) is 4.79 Å². The molecular weight excluding hydrogens is 273 g/mol. The zero-order valence-electron chi connectivity index (χ0n) is 11.6. The van der Waals surface area contributed by atoms with E-state index < -0.39 is 12.0 Å². The summed E-state index contributed by atoms with van der Waals surface area (Å²) >= 11 is 0. The first-order chi connectivity index (χ1) is 9.11. The number of ether oxygens (including phenoxy) is 2. The van der Waals surface area contributed by atoms with Crippen LogP contribution >= 0.6 is 0 Å². The lowest BCUT2D eigenvalue weighted by molar-refractivity contribution is -0.274. The van der Waals surface area contributed by atoms with Gasteiger partial charge in [0.2, 0.25) is 0 Å². The molecule has 0 radical (unpaired) electrons. The second kappa shape index (κ2) is 6.26. The predicted molar refractivity (Wildman–Crippen MR) is 67.5 cm³/mol. The van der Waals surface area contributed by atoms with Crippen molar-refractivity contribution >= 4 is 5.78 Å². The fourth-order valence-corrected chi connectivity index (χ4v) is 1.65. The molecule has 0 aliphatic carbocycles. The molecule has 1 aromatic rings. The monoisotopic (exact) mass is 290 g/mol. The van der Waals surface area contributed by atoms with Crippen molar-refractivity contribution in [1.29, 1.82) is 0 Å². The van der Waals surface area contributed by atoms with Crippen LogP contribution in [0.25, 0.3) is 0 Å². The van der Waals surface area contributed by atoms with Gasteiger partial charge in [0, 0.05) is 20.0 Å². The molecule has 0 bridgehead atoms. The third-order valence-corrected chi connectivity index (χ3v) is 2.73. The molecule has 1 aromatic carbocycles. The first-order valence-corrected chi connectivity index (χ1v) is 6.03. The van der Waals surface area contributed by atoms with E-state index in [1.54, 1.807) is 13.8 Å². The lowest BCUT2D eigenvalue weighted by atomic mass is 9.97. The molecule has 0 spiro atoms. The second-order valence-corrected chi connectivity index (χ2v) is 5.05. The molecule has 112 valence electrons. The number of alkyl halides is 3. The molecule has 3 nitrogen and oxygen atoms in total. The zero-order chi connectivity index (χ0) is 15.4. The quantitative estimate of drug-likeness (QED) is 0.804. The first kappa shape index (κ1) is 16.5. The van der Waals surface area contributed by atoms with Crippen molar-refractivity contribution in [3.05, 3.63) is 29.8 Å². The highest BCUT2D eigenvalue weighted by Crippen LogP contribution is 2.23. The molecule has 0 aromatic heterocycles. The van der Waals surface area contributed by atoms with Crippen LogP contribution in [0.15, 0.2) is 24.3 Å². The molecular formula is C14H17F3O3. The van der Waals surface area contributed by atoms with Crippen molar-refractivity contribution in [1.82, 2.24) is 0 Å². The molecule has 1 rings (SSSR count). The van der Waals surface area contributed by atoms with Gasteiger partial charge in [0.15, 0.2) is 0 Å². The average Bonchev–Trinajstić information content (AvgIpc) is 2.29. The standard InChI is InChI=1S/C14H17F3O3/c1-13(2,19-3)9-11(18)8-10-4-6-12(7-5-10)20-14(15,16)17/h4-7H,8-9H2,1-3H3. The summed E-state index contributed by atoms with van der Waals surface area (Å²) in [7, 11) is 1.52. The molecule has 0 saturated carbocycles. The van der Waals surface area contributed by atoms with Crippen molar-refractivity contribution < 1.29 is 27.4 Å². The van der Waals surface area contributed by atoms with E-state index >= 15 is 0 Å². The van der Waals surface area contributed by atoms with Crippen LogP contribution in [-0.4, -0.2) is 24.9 Å². The summed E-state index contributed by atoms with van der Waals surface area (Å²) in [5.74, 6) is -0.340. The molecule has 0 unspecified atom stereocenters. The topological polar surface area (TPSA) is 35.5 Å². The number of rotatable bonds is 6. The third kappa shape index (κ3) is 6.06. The molecule has 0 aliphatic heterocycles. The molecule has 0 atom stereocenters. The SMILES string of the molecule is COC(C)(C)CC(=O)Cc1ccc(OC(F)(F)F)cc1. The summed E-state index contributed by atoms with van der Waals surface area (Å²) in [6, 6.07) is 5.27.